The largest absolute Gasteiger partial charge is 0.285 e. The molecule has 0 fully saturated rings. The van der Waals surface area contributed by atoms with E-state index in [4.69, 9.17) is 0 Å². The lowest BCUT2D eigenvalue weighted by atomic mass is 9.87. The Kier molecular flexibility index (Phi) is 5.53. The third kappa shape index (κ3) is 3.41. The molecular weight excluding hydrogens is 360 g/mol. The Labute approximate surface area is 125 Å². The lowest BCUT2D eigenvalue weighted by Gasteiger charge is -2.20. The molecule has 0 bridgehead atoms. The van der Waals surface area contributed by atoms with Crippen LogP contribution in [0.3, 0.4) is 0 Å². The molecule has 0 amide bonds. The molecule has 2 nitrogen and oxygen atoms in total. The number of halogens is 2. The summed E-state index contributed by atoms with van der Waals surface area (Å²) in [6.07, 6.45) is 1.24. The minimum Gasteiger partial charge on any atom is -0.285 e. The number of Topliss-reactive ketones (excluding diaryl/α,β-unsaturated/α-hetero) is 2. The third-order valence-corrected chi connectivity index (χ3v) is 4.98. The lowest BCUT2D eigenvalue weighted by molar-refractivity contribution is -0.132. The molecule has 0 atom stereocenters. The second-order valence-electron chi connectivity index (χ2n) is 5.44. The zero-order chi connectivity index (χ0) is 14.0. The molecule has 1 aliphatic rings. The first kappa shape index (κ1) is 15.8. The molecule has 0 radical (unpaired) electrons. The first-order valence-electron chi connectivity index (χ1n) is 6.12. The Morgan fingerprint density at radius 1 is 0.778 bits per heavy atom. The lowest BCUT2D eigenvalue weighted by Crippen LogP contribution is -2.25. The fourth-order valence-electron chi connectivity index (χ4n) is 1.92. The van der Waals surface area contributed by atoms with E-state index in [1.807, 2.05) is 27.7 Å². The zero-order valence-corrected chi connectivity index (χ0v) is 14.3. The first-order chi connectivity index (χ1) is 8.25. The summed E-state index contributed by atoms with van der Waals surface area (Å²) in [5.74, 6) is -0.0173. The van der Waals surface area contributed by atoms with Gasteiger partial charge in [-0.25, -0.2) is 0 Å². The minimum absolute atomic E-state index is 0.344. The van der Waals surface area contributed by atoms with Crippen molar-refractivity contribution in [2.45, 2.75) is 40.5 Å². The molecule has 4 heteroatoms. The first-order valence-corrected chi connectivity index (χ1v) is 7.71. The van der Waals surface area contributed by atoms with Gasteiger partial charge >= 0.3 is 0 Å². The molecular formula is C14H18Br2O2. The van der Waals surface area contributed by atoms with Crippen LogP contribution in [0, 0.1) is 11.8 Å². The van der Waals surface area contributed by atoms with Crippen molar-refractivity contribution in [2.75, 3.05) is 0 Å². The maximum atomic E-state index is 12.1. The van der Waals surface area contributed by atoms with Crippen molar-refractivity contribution in [3.8, 4) is 0 Å². The van der Waals surface area contributed by atoms with Gasteiger partial charge in [-0.3, -0.25) is 9.59 Å². The summed E-state index contributed by atoms with van der Waals surface area (Å²) in [4.78, 5) is 24.2. The highest BCUT2D eigenvalue weighted by Gasteiger charge is 2.33. The summed E-state index contributed by atoms with van der Waals surface area (Å²) < 4.78 is 1.49. The van der Waals surface area contributed by atoms with Crippen LogP contribution in [-0.4, -0.2) is 11.6 Å². The fourth-order valence-corrected chi connectivity index (χ4v) is 3.08. The quantitative estimate of drug-likeness (QED) is 0.532. The Morgan fingerprint density at radius 3 is 1.28 bits per heavy atom. The van der Waals surface area contributed by atoms with E-state index >= 15 is 0 Å². The predicted octanol–water partition coefficient (Wildman–Crippen LogP) is 4.53. The second kappa shape index (κ2) is 6.29. The van der Waals surface area contributed by atoms with Gasteiger partial charge in [0.1, 0.15) is 0 Å². The second-order valence-corrected chi connectivity index (χ2v) is 7.03. The molecule has 0 aliphatic heterocycles. The number of ketones is 2. The summed E-state index contributed by atoms with van der Waals surface area (Å²) in [6.45, 7) is 8.14. The van der Waals surface area contributed by atoms with Crippen molar-refractivity contribution in [3.05, 3.63) is 20.1 Å². The molecule has 0 aromatic carbocycles. The molecule has 0 aromatic rings. The van der Waals surface area contributed by atoms with Gasteiger partial charge in [0.15, 0.2) is 0 Å². The number of carbonyl (C=O) groups is 2. The predicted molar refractivity (Wildman–Crippen MR) is 80.8 cm³/mol. The Bertz CT molecular complexity index is 401. The molecule has 1 rings (SSSR count). The van der Waals surface area contributed by atoms with Crippen LogP contribution in [0.4, 0.5) is 0 Å². The van der Waals surface area contributed by atoms with Gasteiger partial charge in [0.2, 0.25) is 11.6 Å². The average Bonchev–Trinajstić information content (AvgIpc) is 2.27. The maximum Gasteiger partial charge on any atom is 0.230 e. The van der Waals surface area contributed by atoms with Crippen LogP contribution in [0.1, 0.15) is 40.5 Å². The van der Waals surface area contributed by atoms with Crippen LogP contribution in [-0.2, 0) is 9.59 Å². The molecule has 0 heterocycles. The normalized spacial score (nSPS) is 17.6. The molecule has 0 saturated carbocycles. The topological polar surface area (TPSA) is 34.1 Å². The summed E-state index contributed by atoms with van der Waals surface area (Å²) in [6, 6.07) is 0. The van der Waals surface area contributed by atoms with E-state index in [0.717, 1.165) is 8.96 Å². The standard InChI is InChI=1S/C14H18Br2O2/c1-7(2)5-9-11(15)12(16)10(6-8(3)4)14(18)13(9)17/h7-8H,5-6H2,1-4H3. The molecule has 0 spiro atoms. The number of rotatable bonds is 4. The highest BCUT2D eigenvalue weighted by molar-refractivity contribution is 9.15. The summed E-state index contributed by atoms with van der Waals surface area (Å²) in [5, 5.41) is 0. The van der Waals surface area contributed by atoms with E-state index in [-0.39, 0.29) is 11.6 Å². The smallest absolute Gasteiger partial charge is 0.230 e. The van der Waals surface area contributed by atoms with E-state index in [1.54, 1.807) is 0 Å². The molecule has 18 heavy (non-hydrogen) atoms. The number of allylic oxidation sites excluding steroid dienone is 4. The third-order valence-electron chi connectivity index (χ3n) is 2.70. The van der Waals surface area contributed by atoms with E-state index in [9.17, 15) is 9.59 Å². The monoisotopic (exact) mass is 376 g/mol. The summed E-state index contributed by atoms with van der Waals surface area (Å²) in [7, 11) is 0. The average molecular weight is 378 g/mol. The van der Waals surface area contributed by atoms with Gasteiger partial charge in [-0.15, -0.1) is 0 Å². The molecule has 0 aromatic heterocycles. The Morgan fingerprint density at radius 2 is 1.06 bits per heavy atom. The van der Waals surface area contributed by atoms with Gasteiger partial charge in [-0.05, 0) is 56.5 Å². The molecule has 1 aliphatic carbocycles. The van der Waals surface area contributed by atoms with Crippen LogP contribution in [0.15, 0.2) is 20.1 Å². The summed E-state index contributed by atoms with van der Waals surface area (Å²) >= 11 is 6.90. The molecule has 0 unspecified atom stereocenters. The van der Waals surface area contributed by atoms with Crippen molar-refractivity contribution in [1.29, 1.82) is 0 Å². The van der Waals surface area contributed by atoms with Crippen molar-refractivity contribution in [1.82, 2.24) is 0 Å². The number of carbonyl (C=O) groups excluding carboxylic acids is 2. The highest BCUT2D eigenvalue weighted by Crippen LogP contribution is 2.38. The molecule has 100 valence electrons. The maximum absolute atomic E-state index is 12.1. The van der Waals surface area contributed by atoms with Gasteiger partial charge in [0.25, 0.3) is 0 Å². The van der Waals surface area contributed by atoms with Crippen LogP contribution in [0.5, 0.6) is 0 Å². The van der Waals surface area contributed by atoms with Crippen molar-refractivity contribution >= 4 is 43.4 Å². The van der Waals surface area contributed by atoms with Gasteiger partial charge in [0.05, 0.1) is 0 Å². The van der Waals surface area contributed by atoms with Crippen molar-refractivity contribution < 1.29 is 9.59 Å². The number of hydrogen-bond donors (Lipinski definition) is 0. The van der Waals surface area contributed by atoms with E-state index in [1.165, 1.54) is 0 Å². The molecule has 0 N–H and O–H groups in total. The van der Waals surface area contributed by atoms with Gasteiger partial charge in [0, 0.05) is 20.1 Å². The Hall–Kier alpha value is -0.220. The van der Waals surface area contributed by atoms with E-state index < -0.39 is 0 Å². The van der Waals surface area contributed by atoms with Gasteiger partial charge < -0.3 is 0 Å². The van der Waals surface area contributed by atoms with Gasteiger partial charge in [-0.2, -0.15) is 0 Å². The van der Waals surface area contributed by atoms with Gasteiger partial charge in [-0.1, -0.05) is 27.7 Å². The van der Waals surface area contributed by atoms with Crippen LogP contribution in [0.25, 0.3) is 0 Å². The minimum atomic E-state index is -0.352. The van der Waals surface area contributed by atoms with E-state index in [0.29, 0.717) is 35.8 Å². The zero-order valence-electron chi connectivity index (χ0n) is 11.1. The van der Waals surface area contributed by atoms with E-state index in [2.05, 4.69) is 31.9 Å². The van der Waals surface area contributed by atoms with Crippen molar-refractivity contribution in [3.63, 3.8) is 0 Å². The fraction of sp³-hybridized carbons (Fsp3) is 0.571. The van der Waals surface area contributed by atoms with Crippen LogP contribution >= 0.6 is 31.9 Å². The number of hydrogen-bond acceptors (Lipinski definition) is 2. The summed E-state index contributed by atoms with van der Waals surface area (Å²) in [5.41, 5.74) is 1.18. The SMILES string of the molecule is CC(C)CC1=C(Br)C(Br)=C(CC(C)C)C(=O)C1=O. The Balaban J connectivity index is 3.22. The van der Waals surface area contributed by atoms with Crippen LogP contribution in [0.2, 0.25) is 0 Å². The van der Waals surface area contributed by atoms with Crippen molar-refractivity contribution in [2.24, 2.45) is 11.8 Å². The molecule has 0 saturated heterocycles. The van der Waals surface area contributed by atoms with Crippen LogP contribution < -0.4 is 0 Å². The highest BCUT2D eigenvalue weighted by atomic mass is 79.9.